The Morgan fingerprint density at radius 1 is 1.41 bits per heavy atom. The number of benzene rings is 1. The molecule has 5 heteroatoms. The van der Waals surface area contributed by atoms with Gasteiger partial charge in [-0.05, 0) is 32.0 Å². The normalized spacial score (nSPS) is 25.5. The molecule has 0 aliphatic carbocycles. The predicted octanol–water partition coefficient (Wildman–Crippen LogP) is 2.57. The second-order valence-corrected chi connectivity index (χ2v) is 4.99. The van der Waals surface area contributed by atoms with E-state index in [2.05, 4.69) is 0 Å². The summed E-state index contributed by atoms with van der Waals surface area (Å²) in [6, 6.07) is 2.16. The van der Waals surface area contributed by atoms with Crippen LogP contribution in [-0.4, -0.2) is 25.0 Å². The van der Waals surface area contributed by atoms with Gasteiger partial charge in [0.25, 0.3) is 0 Å². The van der Waals surface area contributed by atoms with Gasteiger partial charge in [-0.2, -0.15) is 0 Å². The molecule has 2 atom stereocenters. The molecular formula is C12H15ClF2N2. The standard InChI is InChI=1S/C12H15ClF2N2/c1-17-6-7(5-16)2-12(17)8-3-9(13)11(15)4-10(8)14/h3-4,7,12H,2,5-6,16H2,1H3. The third-order valence-corrected chi connectivity index (χ3v) is 3.66. The van der Waals surface area contributed by atoms with Gasteiger partial charge in [0.2, 0.25) is 0 Å². The van der Waals surface area contributed by atoms with E-state index in [0.717, 1.165) is 19.0 Å². The fraction of sp³-hybridized carbons (Fsp3) is 0.500. The summed E-state index contributed by atoms with van der Waals surface area (Å²) in [5, 5.41) is -0.0361. The molecule has 2 unspecified atom stereocenters. The summed E-state index contributed by atoms with van der Waals surface area (Å²) >= 11 is 5.70. The minimum absolute atomic E-state index is 0.0361. The van der Waals surface area contributed by atoms with Gasteiger partial charge >= 0.3 is 0 Å². The monoisotopic (exact) mass is 260 g/mol. The molecular weight excluding hydrogens is 246 g/mol. The van der Waals surface area contributed by atoms with Gasteiger partial charge in [0, 0.05) is 24.2 Å². The molecule has 2 N–H and O–H groups in total. The van der Waals surface area contributed by atoms with Crippen molar-refractivity contribution in [2.24, 2.45) is 11.7 Å². The van der Waals surface area contributed by atoms with E-state index >= 15 is 0 Å². The zero-order valence-corrected chi connectivity index (χ0v) is 10.3. The summed E-state index contributed by atoms with van der Waals surface area (Å²) in [5.41, 5.74) is 6.08. The minimum atomic E-state index is -0.719. The molecule has 2 rings (SSSR count). The Morgan fingerprint density at radius 3 is 2.71 bits per heavy atom. The first-order valence-corrected chi connectivity index (χ1v) is 5.95. The Morgan fingerprint density at radius 2 is 2.12 bits per heavy atom. The average molecular weight is 261 g/mol. The van der Waals surface area contributed by atoms with Gasteiger partial charge in [-0.3, -0.25) is 4.90 Å². The topological polar surface area (TPSA) is 29.3 Å². The number of nitrogens with two attached hydrogens (primary N) is 1. The van der Waals surface area contributed by atoms with Gasteiger partial charge in [-0.25, -0.2) is 8.78 Å². The van der Waals surface area contributed by atoms with E-state index < -0.39 is 11.6 Å². The van der Waals surface area contributed by atoms with E-state index in [4.69, 9.17) is 17.3 Å². The molecule has 1 aliphatic heterocycles. The summed E-state index contributed by atoms with van der Waals surface area (Å²) in [6.07, 6.45) is 0.784. The second kappa shape index (κ2) is 4.88. The van der Waals surface area contributed by atoms with E-state index in [0.29, 0.717) is 18.0 Å². The molecule has 1 aliphatic rings. The van der Waals surface area contributed by atoms with Gasteiger partial charge in [0.05, 0.1) is 5.02 Å². The third-order valence-electron chi connectivity index (χ3n) is 3.37. The van der Waals surface area contributed by atoms with Crippen molar-refractivity contribution >= 4 is 11.6 Å². The molecule has 17 heavy (non-hydrogen) atoms. The first-order chi connectivity index (χ1) is 8.02. The van der Waals surface area contributed by atoms with Crippen molar-refractivity contribution in [2.45, 2.75) is 12.5 Å². The molecule has 1 heterocycles. The van der Waals surface area contributed by atoms with Crippen LogP contribution in [0.4, 0.5) is 8.78 Å². The van der Waals surface area contributed by atoms with E-state index in [1.54, 1.807) is 0 Å². The molecule has 0 bridgehead atoms. The number of hydrogen-bond donors (Lipinski definition) is 1. The largest absolute Gasteiger partial charge is 0.330 e. The Balaban J connectivity index is 2.31. The zero-order valence-electron chi connectivity index (χ0n) is 9.59. The quantitative estimate of drug-likeness (QED) is 0.828. The van der Waals surface area contributed by atoms with Crippen molar-refractivity contribution in [3.63, 3.8) is 0 Å². The van der Waals surface area contributed by atoms with Crippen molar-refractivity contribution in [1.82, 2.24) is 4.90 Å². The summed E-state index contributed by atoms with van der Waals surface area (Å²) in [7, 11) is 1.91. The molecule has 0 aromatic heterocycles. The highest BCUT2D eigenvalue weighted by Crippen LogP contribution is 2.36. The highest BCUT2D eigenvalue weighted by atomic mass is 35.5. The third kappa shape index (κ3) is 2.44. The Labute approximate surface area is 104 Å². The molecule has 1 aromatic rings. The van der Waals surface area contributed by atoms with Crippen LogP contribution >= 0.6 is 11.6 Å². The van der Waals surface area contributed by atoms with Gasteiger partial charge in [-0.15, -0.1) is 0 Å². The smallest absolute Gasteiger partial charge is 0.144 e. The van der Waals surface area contributed by atoms with Crippen molar-refractivity contribution in [1.29, 1.82) is 0 Å². The zero-order chi connectivity index (χ0) is 12.6. The molecule has 1 aromatic carbocycles. The molecule has 2 nitrogen and oxygen atoms in total. The van der Waals surface area contributed by atoms with E-state index in [1.807, 2.05) is 11.9 Å². The van der Waals surface area contributed by atoms with Crippen LogP contribution in [0.15, 0.2) is 12.1 Å². The summed E-state index contributed by atoms with van der Waals surface area (Å²) < 4.78 is 26.8. The van der Waals surface area contributed by atoms with Crippen molar-refractivity contribution in [2.75, 3.05) is 20.1 Å². The lowest BCUT2D eigenvalue weighted by Gasteiger charge is -2.20. The summed E-state index contributed by atoms with van der Waals surface area (Å²) in [6.45, 7) is 1.41. The fourth-order valence-corrected chi connectivity index (χ4v) is 2.61. The lowest BCUT2D eigenvalue weighted by atomic mass is 9.99. The van der Waals surface area contributed by atoms with Crippen LogP contribution in [0.25, 0.3) is 0 Å². The Hall–Kier alpha value is -0.710. The van der Waals surface area contributed by atoms with E-state index in [9.17, 15) is 8.78 Å². The second-order valence-electron chi connectivity index (χ2n) is 4.58. The van der Waals surface area contributed by atoms with Crippen molar-refractivity contribution in [3.8, 4) is 0 Å². The number of nitrogens with zero attached hydrogens (tertiary/aromatic N) is 1. The van der Waals surface area contributed by atoms with Gasteiger partial charge in [0.15, 0.2) is 0 Å². The summed E-state index contributed by atoms with van der Waals surface area (Å²) in [5.74, 6) is -0.904. The van der Waals surface area contributed by atoms with Crippen LogP contribution in [0, 0.1) is 17.6 Å². The van der Waals surface area contributed by atoms with Gasteiger partial charge < -0.3 is 5.73 Å². The Bertz CT molecular complexity index is 425. The lowest BCUT2D eigenvalue weighted by Crippen LogP contribution is -2.21. The lowest BCUT2D eigenvalue weighted by molar-refractivity contribution is 0.306. The molecule has 0 amide bonds. The maximum Gasteiger partial charge on any atom is 0.144 e. The average Bonchev–Trinajstić information content (AvgIpc) is 2.65. The molecule has 1 saturated heterocycles. The van der Waals surface area contributed by atoms with Crippen molar-refractivity contribution in [3.05, 3.63) is 34.4 Å². The van der Waals surface area contributed by atoms with Crippen LogP contribution in [0.1, 0.15) is 18.0 Å². The predicted molar refractivity (Wildman–Crippen MR) is 63.9 cm³/mol. The molecule has 94 valence electrons. The summed E-state index contributed by atoms with van der Waals surface area (Å²) in [4.78, 5) is 2.03. The van der Waals surface area contributed by atoms with Crippen LogP contribution in [-0.2, 0) is 0 Å². The van der Waals surface area contributed by atoms with Crippen LogP contribution in [0.5, 0.6) is 0 Å². The number of rotatable bonds is 2. The fourth-order valence-electron chi connectivity index (χ4n) is 2.43. The molecule has 0 radical (unpaired) electrons. The SMILES string of the molecule is CN1CC(CN)CC1c1cc(Cl)c(F)cc1F. The molecule has 1 fully saturated rings. The number of halogens is 3. The molecule has 0 saturated carbocycles. The highest BCUT2D eigenvalue weighted by Gasteiger charge is 2.31. The highest BCUT2D eigenvalue weighted by molar-refractivity contribution is 6.30. The first-order valence-electron chi connectivity index (χ1n) is 5.57. The van der Waals surface area contributed by atoms with E-state index in [-0.39, 0.29) is 11.1 Å². The maximum absolute atomic E-state index is 13.7. The molecule has 0 spiro atoms. The number of likely N-dealkylation sites (tertiary alicyclic amines) is 1. The van der Waals surface area contributed by atoms with Gasteiger partial charge in [0.1, 0.15) is 11.6 Å². The first kappa shape index (κ1) is 12.7. The Kier molecular flexibility index (Phi) is 3.66. The van der Waals surface area contributed by atoms with E-state index in [1.165, 1.54) is 6.07 Å². The van der Waals surface area contributed by atoms with Crippen molar-refractivity contribution < 1.29 is 8.78 Å². The van der Waals surface area contributed by atoms with Crippen LogP contribution in [0.3, 0.4) is 0 Å². The van der Waals surface area contributed by atoms with Crippen LogP contribution in [0.2, 0.25) is 5.02 Å². The number of hydrogen-bond acceptors (Lipinski definition) is 2. The van der Waals surface area contributed by atoms with Gasteiger partial charge in [-0.1, -0.05) is 11.6 Å². The maximum atomic E-state index is 13.7. The van der Waals surface area contributed by atoms with Crippen LogP contribution < -0.4 is 5.73 Å². The minimum Gasteiger partial charge on any atom is -0.330 e.